The summed E-state index contributed by atoms with van der Waals surface area (Å²) < 4.78 is 25.3. The Bertz CT molecular complexity index is 840. The van der Waals surface area contributed by atoms with Crippen molar-refractivity contribution in [3.05, 3.63) is 35.7 Å². The average molecular weight is 332 g/mol. The largest absolute Gasteiger partial charge is 0.264 e. The van der Waals surface area contributed by atoms with Crippen LogP contribution < -0.4 is 0 Å². The van der Waals surface area contributed by atoms with Gasteiger partial charge in [0.15, 0.2) is 15.7 Å². The zero-order chi connectivity index (χ0) is 16.0. The normalized spacial score (nSPS) is 23.3. The van der Waals surface area contributed by atoms with Crippen LogP contribution in [0.25, 0.3) is 5.69 Å². The van der Waals surface area contributed by atoms with Crippen molar-refractivity contribution in [2.45, 2.75) is 38.5 Å². The predicted molar refractivity (Wildman–Crippen MR) is 86.3 cm³/mol. The molecule has 2 aromatic rings. The fraction of sp³-hybridized carbons (Fsp3) is 0.562. The summed E-state index contributed by atoms with van der Waals surface area (Å²) in [7, 11) is -2.87. The number of pyridine rings is 1. The van der Waals surface area contributed by atoms with Gasteiger partial charge in [-0.3, -0.25) is 4.98 Å². The minimum atomic E-state index is -2.87. The highest BCUT2D eigenvalue weighted by molar-refractivity contribution is 7.91. The van der Waals surface area contributed by atoms with Gasteiger partial charge >= 0.3 is 0 Å². The van der Waals surface area contributed by atoms with Crippen molar-refractivity contribution in [1.29, 1.82) is 0 Å². The van der Waals surface area contributed by atoms with Crippen LogP contribution in [0.4, 0.5) is 0 Å². The van der Waals surface area contributed by atoms with Crippen molar-refractivity contribution in [3.8, 4) is 5.69 Å². The van der Waals surface area contributed by atoms with Crippen LogP contribution in [0.15, 0.2) is 18.5 Å². The van der Waals surface area contributed by atoms with E-state index in [9.17, 15) is 8.42 Å². The molecule has 1 saturated carbocycles. The Labute approximate surface area is 135 Å². The summed E-state index contributed by atoms with van der Waals surface area (Å²) in [6.45, 7) is 2.00. The number of hydrogen-bond donors (Lipinski definition) is 0. The molecular weight excluding hydrogens is 312 g/mol. The summed E-state index contributed by atoms with van der Waals surface area (Å²) in [5.74, 6) is 2.98. The van der Waals surface area contributed by atoms with Gasteiger partial charge in [0.2, 0.25) is 0 Å². The van der Waals surface area contributed by atoms with Crippen molar-refractivity contribution in [1.82, 2.24) is 19.7 Å². The van der Waals surface area contributed by atoms with Gasteiger partial charge in [-0.05, 0) is 43.7 Å². The molecule has 2 aliphatic rings. The molecule has 0 radical (unpaired) electrons. The predicted octanol–water partition coefficient (Wildman–Crippen LogP) is 1.83. The monoisotopic (exact) mass is 332 g/mol. The van der Waals surface area contributed by atoms with Gasteiger partial charge in [0.05, 0.1) is 17.2 Å². The smallest absolute Gasteiger partial charge is 0.154 e. The molecule has 7 heteroatoms. The third-order valence-corrected chi connectivity index (χ3v) is 6.49. The van der Waals surface area contributed by atoms with Gasteiger partial charge in [-0.1, -0.05) is 0 Å². The Morgan fingerprint density at radius 1 is 1.30 bits per heavy atom. The van der Waals surface area contributed by atoms with Crippen LogP contribution in [0.5, 0.6) is 0 Å². The molecule has 0 amide bonds. The lowest BCUT2D eigenvalue weighted by atomic mass is 10.0. The van der Waals surface area contributed by atoms with Crippen LogP contribution in [0.1, 0.15) is 42.4 Å². The summed E-state index contributed by atoms with van der Waals surface area (Å²) in [4.78, 5) is 8.87. The first kappa shape index (κ1) is 14.8. The molecule has 2 fully saturated rings. The molecule has 6 nitrogen and oxygen atoms in total. The van der Waals surface area contributed by atoms with Crippen molar-refractivity contribution >= 4 is 9.84 Å². The maximum atomic E-state index is 11.7. The molecule has 0 aromatic carbocycles. The molecule has 122 valence electrons. The highest BCUT2D eigenvalue weighted by Crippen LogP contribution is 2.38. The van der Waals surface area contributed by atoms with Gasteiger partial charge < -0.3 is 0 Å². The number of rotatable bonds is 4. The Kier molecular flexibility index (Phi) is 3.48. The minimum Gasteiger partial charge on any atom is -0.264 e. The summed E-state index contributed by atoms with van der Waals surface area (Å²) in [6.07, 6.45) is 7.26. The van der Waals surface area contributed by atoms with Crippen molar-refractivity contribution in [3.63, 3.8) is 0 Å². The zero-order valence-electron chi connectivity index (χ0n) is 13.1. The van der Waals surface area contributed by atoms with E-state index in [1.165, 1.54) is 0 Å². The number of sulfone groups is 1. The molecule has 23 heavy (non-hydrogen) atoms. The maximum Gasteiger partial charge on any atom is 0.154 e. The molecule has 1 atom stereocenters. The van der Waals surface area contributed by atoms with Gasteiger partial charge in [0, 0.05) is 24.7 Å². The quantitative estimate of drug-likeness (QED) is 0.853. The van der Waals surface area contributed by atoms with E-state index in [-0.39, 0.29) is 11.7 Å². The Balaban J connectivity index is 1.69. The fourth-order valence-electron chi connectivity index (χ4n) is 3.20. The van der Waals surface area contributed by atoms with Crippen LogP contribution >= 0.6 is 0 Å². The van der Waals surface area contributed by atoms with E-state index in [0.717, 1.165) is 42.2 Å². The molecule has 0 spiro atoms. The van der Waals surface area contributed by atoms with Crippen LogP contribution in [-0.4, -0.2) is 39.7 Å². The van der Waals surface area contributed by atoms with E-state index < -0.39 is 9.84 Å². The molecule has 0 bridgehead atoms. The van der Waals surface area contributed by atoms with E-state index in [1.54, 1.807) is 6.20 Å². The molecule has 1 aliphatic heterocycles. The van der Waals surface area contributed by atoms with Crippen LogP contribution in [0.3, 0.4) is 0 Å². The van der Waals surface area contributed by atoms with Gasteiger partial charge in [0.25, 0.3) is 0 Å². The first-order valence-corrected chi connectivity index (χ1v) is 9.91. The molecule has 4 rings (SSSR count). The number of aryl methyl sites for hydroxylation is 1. The van der Waals surface area contributed by atoms with E-state index in [0.29, 0.717) is 18.1 Å². The zero-order valence-corrected chi connectivity index (χ0v) is 14.0. The first-order chi connectivity index (χ1) is 11.0. The molecule has 2 aromatic heterocycles. The third-order valence-electron chi connectivity index (χ3n) is 4.65. The van der Waals surface area contributed by atoms with E-state index in [2.05, 4.69) is 4.98 Å². The summed E-state index contributed by atoms with van der Waals surface area (Å²) in [6, 6.07) is 1.94. The Hall–Kier alpha value is -1.76. The second-order valence-corrected chi connectivity index (χ2v) is 8.94. The molecule has 0 N–H and O–H groups in total. The van der Waals surface area contributed by atoms with E-state index in [4.69, 9.17) is 10.1 Å². The molecule has 3 heterocycles. The SMILES string of the molecule is Cc1cnccc1-n1nc(C2CC2)nc1C[C@@H]1CCS(=O)(=O)C1. The second-order valence-electron chi connectivity index (χ2n) is 6.71. The standard InChI is InChI=1S/C16H20N4O2S/c1-11-9-17-6-4-14(11)20-15(18-16(19-20)13-2-3-13)8-12-5-7-23(21,22)10-12/h4,6,9,12-13H,2-3,5,7-8,10H2,1H3/t12-/m0/s1. The van der Waals surface area contributed by atoms with E-state index in [1.807, 2.05) is 23.9 Å². The van der Waals surface area contributed by atoms with Crippen LogP contribution in [0.2, 0.25) is 0 Å². The van der Waals surface area contributed by atoms with E-state index >= 15 is 0 Å². The third kappa shape index (κ3) is 3.02. The molecule has 0 unspecified atom stereocenters. The molecule has 1 saturated heterocycles. The lowest BCUT2D eigenvalue weighted by Gasteiger charge is -2.10. The van der Waals surface area contributed by atoms with Gasteiger partial charge in [-0.2, -0.15) is 5.10 Å². The Morgan fingerprint density at radius 3 is 2.78 bits per heavy atom. The van der Waals surface area contributed by atoms with Crippen molar-refractivity contribution < 1.29 is 8.42 Å². The average Bonchev–Trinajstić information content (AvgIpc) is 3.19. The minimum absolute atomic E-state index is 0.150. The van der Waals surface area contributed by atoms with Crippen molar-refractivity contribution in [2.75, 3.05) is 11.5 Å². The van der Waals surface area contributed by atoms with Gasteiger partial charge in [0.1, 0.15) is 5.82 Å². The van der Waals surface area contributed by atoms with Gasteiger partial charge in [-0.25, -0.2) is 18.1 Å². The van der Waals surface area contributed by atoms with Crippen LogP contribution in [0, 0.1) is 12.8 Å². The molecular formula is C16H20N4O2S. The maximum absolute atomic E-state index is 11.7. The fourth-order valence-corrected chi connectivity index (χ4v) is 5.06. The highest BCUT2D eigenvalue weighted by atomic mass is 32.2. The second kappa shape index (κ2) is 5.40. The lowest BCUT2D eigenvalue weighted by molar-refractivity contribution is 0.559. The Morgan fingerprint density at radius 2 is 2.13 bits per heavy atom. The summed E-state index contributed by atoms with van der Waals surface area (Å²) in [5.41, 5.74) is 2.02. The van der Waals surface area contributed by atoms with Gasteiger partial charge in [-0.15, -0.1) is 0 Å². The topological polar surface area (TPSA) is 77.7 Å². The number of hydrogen-bond acceptors (Lipinski definition) is 5. The molecule has 1 aliphatic carbocycles. The first-order valence-electron chi connectivity index (χ1n) is 8.09. The number of nitrogens with zero attached hydrogens (tertiary/aromatic N) is 4. The highest BCUT2D eigenvalue weighted by Gasteiger charge is 2.32. The summed E-state index contributed by atoms with van der Waals surface area (Å²) >= 11 is 0. The lowest BCUT2D eigenvalue weighted by Crippen LogP contribution is -2.12. The van der Waals surface area contributed by atoms with Crippen molar-refractivity contribution in [2.24, 2.45) is 5.92 Å². The van der Waals surface area contributed by atoms with Crippen LogP contribution in [-0.2, 0) is 16.3 Å². The number of aromatic nitrogens is 4. The summed E-state index contributed by atoms with van der Waals surface area (Å²) in [5, 5.41) is 4.71.